The SMILES string of the molecule is O=Cc1cccc2ccn(Cc3sccc3Br)c12. The molecule has 0 unspecified atom stereocenters. The summed E-state index contributed by atoms with van der Waals surface area (Å²) in [7, 11) is 0. The predicted molar refractivity (Wildman–Crippen MR) is 78.4 cm³/mol. The minimum absolute atomic E-state index is 0.741. The number of benzene rings is 1. The van der Waals surface area contributed by atoms with Crippen LogP contribution in [0.15, 0.2) is 46.4 Å². The highest BCUT2D eigenvalue weighted by molar-refractivity contribution is 9.10. The number of halogens is 1. The molecule has 0 saturated heterocycles. The Balaban J connectivity index is 2.12. The number of rotatable bonds is 3. The van der Waals surface area contributed by atoms with E-state index >= 15 is 0 Å². The van der Waals surface area contributed by atoms with Gasteiger partial charge in [-0.2, -0.15) is 0 Å². The van der Waals surface area contributed by atoms with Gasteiger partial charge in [0.15, 0.2) is 6.29 Å². The third-order valence-electron chi connectivity index (χ3n) is 2.95. The molecule has 0 bridgehead atoms. The molecule has 0 N–H and O–H groups in total. The molecule has 0 aliphatic heterocycles. The predicted octanol–water partition coefficient (Wildman–Crippen LogP) is 4.33. The van der Waals surface area contributed by atoms with Crippen molar-refractivity contribution in [2.75, 3.05) is 0 Å². The highest BCUT2D eigenvalue weighted by Gasteiger charge is 2.08. The first kappa shape index (κ1) is 11.7. The average Bonchev–Trinajstić information content (AvgIpc) is 2.97. The van der Waals surface area contributed by atoms with Gasteiger partial charge in [-0.15, -0.1) is 11.3 Å². The number of carbonyl (C=O) groups excluding carboxylic acids is 1. The van der Waals surface area contributed by atoms with E-state index in [1.54, 1.807) is 11.3 Å². The Morgan fingerprint density at radius 3 is 2.89 bits per heavy atom. The largest absolute Gasteiger partial charge is 0.342 e. The number of thiophene rings is 1. The summed E-state index contributed by atoms with van der Waals surface area (Å²) in [6.45, 7) is 0.784. The van der Waals surface area contributed by atoms with E-state index in [0.29, 0.717) is 0 Å². The van der Waals surface area contributed by atoms with Gasteiger partial charge in [-0.05, 0) is 39.5 Å². The molecule has 2 aromatic heterocycles. The molecule has 4 heteroatoms. The van der Waals surface area contributed by atoms with E-state index in [1.165, 1.54) is 4.88 Å². The van der Waals surface area contributed by atoms with Gasteiger partial charge in [0, 0.05) is 26.5 Å². The van der Waals surface area contributed by atoms with Gasteiger partial charge in [-0.1, -0.05) is 12.1 Å². The number of para-hydroxylation sites is 1. The lowest BCUT2D eigenvalue weighted by Gasteiger charge is -2.06. The van der Waals surface area contributed by atoms with Crippen LogP contribution in [0.5, 0.6) is 0 Å². The molecule has 90 valence electrons. The van der Waals surface area contributed by atoms with Gasteiger partial charge < -0.3 is 4.57 Å². The maximum absolute atomic E-state index is 11.1. The standard InChI is InChI=1S/C14H10BrNOS/c15-12-5-7-18-13(12)8-16-6-4-10-2-1-3-11(9-17)14(10)16/h1-7,9H,8H2. The molecule has 1 aromatic carbocycles. The van der Waals surface area contributed by atoms with Crippen LogP contribution in [0.2, 0.25) is 0 Å². The van der Waals surface area contributed by atoms with Crippen molar-refractivity contribution in [1.29, 1.82) is 0 Å². The number of nitrogens with zero attached hydrogens (tertiary/aromatic N) is 1. The van der Waals surface area contributed by atoms with E-state index in [4.69, 9.17) is 0 Å². The molecule has 0 radical (unpaired) electrons. The van der Waals surface area contributed by atoms with Gasteiger partial charge in [0.2, 0.25) is 0 Å². The summed E-state index contributed by atoms with van der Waals surface area (Å²) in [6, 6.07) is 9.89. The zero-order valence-corrected chi connectivity index (χ0v) is 11.9. The van der Waals surface area contributed by atoms with Gasteiger partial charge in [-0.25, -0.2) is 0 Å². The topological polar surface area (TPSA) is 22.0 Å². The molecule has 0 saturated carbocycles. The lowest BCUT2D eigenvalue weighted by atomic mass is 10.1. The second-order valence-electron chi connectivity index (χ2n) is 4.04. The molecular weight excluding hydrogens is 310 g/mol. The first-order valence-corrected chi connectivity index (χ1v) is 7.22. The summed E-state index contributed by atoms with van der Waals surface area (Å²) in [6.07, 6.45) is 2.95. The minimum Gasteiger partial charge on any atom is -0.342 e. The summed E-state index contributed by atoms with van der Waals surface area (Å²) >= 11 is 5.25. The van der Waals surface area contributed by atoms with E-state index in [2.05, 4.69) is 25.9 Å². The fourth-order valence-electron chi connectivity index (χ4n) is 2.11. The smallest absolute Gasteiger partial charge is 0.152 e. The highest BCUT2D eigenvalue weighted by Crippen LogP contribution is 2.26. The van der Waals surface area contributed by atoms with Gasteiger partial charge >= 0.3 is 0 Å². The normalized spacial score (nSPS) is 10.9. The zero-order valence-electron chi connectivity index (χ0n) is 9.47. The van der Waals surface area contributed by atoms with E-state index in [0.717, 1.165) is 33.8 Å². The third-order valence-corrected chi connectivity index (χ3v) is 4.86. The van der Waals surface area contributed by atoms with Crippen LogP contribution < -0.4 is 0 Å². The van der Waals surface area contributed by atoms with Crippen molar-refractivity contribution in [2.45, 2.75) is 6.54 Å². The number of hydrogen-bond donors (Lipinski definition) is 0. The molecule has 0 atom stereocenters. The molecule has 3 aromatic rings. The van der Waals surface area contributed by atoms with E-state index in [-0.39, 0.29) is 0 Å². The van der Waals surface area contributed by atoms with Crippen molar-refractivity contribution >= 4 is 44.5 Å². The van der Waals surface area contributed by atoms with Crippen LogP contribution in [0.1, 0.15) is 15.2 Å². The number of fused-ring (bicyclic) bond motifs is 1. The molecule has 2 nitrogen and oxygen atoms in total. The van der Waals surface area contributed by atoms with Crippen molar-refractivity contribution < 1.29 is 4.79 Å². The second kappa shape index (κ2) is 4.71. The Bertz CT molecular complexity index is 713. The van der Waals surface area contributed by atoms with Crippen molar-refractivity contribution in [3.05, 3.63) is 56.8 Å². The molecule has 0 aliphatic carbocycles. The molecule has 0 spiro atoms. The summed E-state index contributed by atoms with van der Waals surface area (Å²) in [4.78, 5) is 12.4. The molecule has 0 amide bonds. The summed E-state index contributed by atoms with van der Waals surface area (Å²) in [5.74, 6) is 0. The number of hydrogen-bond acceptors (Lipinski definition) is 2. The maximum Gasteiger partial charge on any atom is 0.152 e. The lowest BCUT2D eigenvalue weighted by molar-refractivity contribution is 0.112. The van der Waals surface area contributed by atoms with Crippen molar-refractivity contribution in [2.24, 2.45) is 0 Å². The van der Waals surface area contributed by atoms with Crippen LogP contribution in [0, 0.1) is 0 Å². The molecule has 3 rings (SSSR count). The lowest BCUT2D eigenvalue weighted by Crippen LogP contribution is -1.98. The number of carbonyl (C=O) groups is 1. The number of aldehydes is 1. The van der Waals surface area contributed by atoms with Crippen LogP contribution in [-0.2, 0) is 6.54 Å². The maximum atomic E-state index is 11.1. The van der Waals surface area contributed by atoms with Crippen molar-refractivity contribution in [3.63, 3.8) is 0 Å². The number of aromatic nitrogens is 1. The Labute approximate surface area is 117 Å². The molecule has 0 fully saturated rings. The van der Waals surface area contributed by atoms with Gasteiger partial charge in [0.05, 0.1) is 12.1 Å². The van der Waals surface area contributed by atoms with Crippen LogP contribution >= 0.6 is 27.3 Å². The first-order valence-electron chi connectivity index (χ1n) is 5.54. The Kier molecular flexibility index (Phi) is 3.06. The van der Waals surface area contributed by atoms with Crippen molar-refractivity contribution in [3.8, 4) is 0 Å². The van der Waals surface area contributed by atoms with Crippen molar-refractivity contribution in [1.82, 2.24) is 4.57 Å². The average molecular weight is 320 g/mol. The van der Waals surface area contributed by atoms with Gasteiger partial charge in [-0.3, -0.25) is 4.79 Å². The van der Waals surface area contributed by atoms with Crippen LogP contribution in [0.3, 0.4) is 0 Å². The highest BCUT2D eigenvalue weighted by atomic mass is 79.9. The zero-order chi connectivity index (χ0) is 12.5. The van der Waals surface area contributed by atoms with E-state index < -0.39 is 0 Å². The van der Waals surface area contributed by atoms with Crippen LogP contribution in [0.4, 0.5) is 0 Å². The first-order chi connectivity index (χ1) is 8.79. The van der Waals surface area contributed by atoms with Crippen LogP contribution in [-0.4, -0.2) is 10.9 Å². The minimum atomic E-state index is 0.741. The fraction of sp³-hybridized carbons (Fsp3) is 0.0714. The second-order valence-corrected chi connectivity index (χ2v) is 5.89. The Hall–Kier alpha value is -1.39. The monoisotopic (exact) mass is 319 g/mol. The summed E-state index contributed by atoms with van der Waals surface area (Å²) < 4.78 is 3.24. The molecule has 0 aliphatic rings. The molecule has 18 heavy (non-hydrogen) atoms. The van der Waals surface area contributed by atoms with Crippen LogP contribution in [0.25, 0.3) is 10.9 Å². The third kappa shape index (κ3) is 1.91. The van der Waals surface area contributed by atoms with Gasteiger partial charge in [0.1, 0.15) is 0 Å². The quantitative estimate of drug-likeness (QED) is 0.659. The van der Waals surface area contributed by atoms with E-state index in [9.17, 15) is 4.79 Å². The Morgan fingerprint density at radius 2 is 2.17 bits per heavy atom. The summed E-state index contributed by atoms with van der Waals surface area (Å²) in [5, 5.41) is 3.17. The van der Waals surface area contributed by atoms with E-state index in [1.807, 2.05) is 36.5 Å². The fourth-order valence-corrected chi connectivity index (χ4v) is 3.59. The van der Waals surface area contributed by atoms with Gasteiger partial charge in [0.25, 0.3) is 0 Å². The molecular formula is C14H10BrNOS. The Morgan fingerprint density at radius 1 is 1.28 bits per heavy atom. The molecule has 2 heterocycles. The summed E-state index contributed by atoms with van der Waals surface area (Å²) in [5.41, 5.74) is 1.75.